The SMILES string of the molecule is FC(F)(F)C1(c2cc[c]cc2Cl)CC1. The highest BCUT2D eigenvalue weighted by atomic mass is 35.5. The third kappa shape index (κ3) is 1.31. The van der Waals surface area contributed by atoms with Crippen LogP contribution in [0, 0.1) is 6.07 Å². The number of hydrogen-bond acceptors (Lipinski definition) is 0. The van der Waals surface area contributed by atoms with Crippen LogP contribution in [0.15, 0.2) is 18.2 Å². The molecule has 0 amide bonds. The van der Waals surface area contributed by atoms with E-state index in [1.54, 1.807) is 0 Å². The zero-order valence-corrected chi connectivity index (χ0v) is 7.91. The molecule has 0 aromatic heterocycles. The molecule has 1 aromatic rings. The molecule has 0 N–H and O–H groups in total. The van der Waals surface area contributed by atoms with Crippen molar-refractivity contribution in [3.05, 3.63) is 34.9 Å². The van der Waals surface area contributed by atoms with Crippen molar-refractivity contribution in [1.29, 1.82) is 0 Å². The molecule has 0 bridgehead atoms. The molecule has 1 saturated carbocycles. The largest absolute Gasteiger partial charge is 0.398 e. The molecule has 1 radical (unpaired) electrons. The van der Waals surface area contributed by atoms with Crippen molar-refractivity contribution in [2.45, 2.75) is 24.4 Å². The van der Waals surface area contributed by atoms with E-state index in [2.05, 4.69) is 6.07 Å². The molecule has 0 unspecified atom stereocenters. The highest BCUT2D eigenvalue weighted by molar-refractivity contribution is 6.31. The Labute approximate surface area is 84.7 Å². The lowest BCUT2D eigenvalue weighted by Gasteiger charge is -2.20. The average Bonchev–Trinajstić information content (AvgIpc) is 2.84. The molecule has 0 heterocycles. The van der Waals surface area contributed by atoms with Gasteiger partial charge in [-0.05, 0) is 30.5 Å². The molecule has 14 heavy (non-hydrogen) atoms. The summed E-state index contributed by atoms with van der Waals surface area (Å²) in [6.07, 6.45) is -3.92. The molecule has 1 aliphatic rings. The highest BCUT2D eigenvalue weighted by Crippen LogP contribution is 2.60. The van der Waals surface area contributed by atoms with Gasteiger partial charge in [0.1, 0.15) is 0 Å². The van der Waals surface area contributed by atoms with Gasteiger partial charge in [-0.1, -0.05) is 23.7 Å². The van der Waals surface area contributed by atoms with E-state index in [1.807, 2.05) is 0 Å². The Morgan fingerprint density at radius 1 is 1.36 bits per heavy atom. The van der Waals surface area contributed by atoms with Gasteiger partial charge in [-0.2, -0.15) is 13.2 Å². The van der Waals surface area contributed by atoms with Gasteiger partial charge in [0.05, 0.1) is 5.41 Å². The number of halogens is 4. The lowest BCUT2D eigenvalue weighted by molar-refractivity contribution is -0.160. The summed E-state index contributed by atoms with van der Waals surface area (Å²) in [6, 6.07) is 6.90. The normalized spacial score (nSPS) is 19.4. The maximum Gasteiger partial charge on any atom is 0.398 e. The summed E-state index contributed by atoms with van der Waals surface area (Å²) < 4.78 is 38.1. The fourth-order valence-corrected chi connectivity index (χ4v) is 1.94. The minimum atomic E-state index is -4.20. The standard InChI is InChI=1S/C10H7ClF3/c11-8-4-2-1-3-7(8)9(5-6-9)10(12,13)14/h1,3-4H,5-6H2. The Bertz CT molecular complexity index is 353. The molecular formula is C10H7ClF3. The molecule has 1 aromatic carbocycles. The van der Waals surface area contributed by atoms with Crippen molar-refractivity contribution in [2.24, 2.45) is 0 Å². The molecule has 0 aliphatic heterocycles. The Morgan fingerprint density at radius 3 is 2.43 bits per heavy atom. The van der Waals surface area contributed by atoms with Gasteiger partial charge >= 0.3 is 6.18 Å². The minimum Gasteiger partial charge on any atom is -0.170 e. The number of alkyl halides is 3. The molecule has 2 rings (SSSR count). The van der Waals surface area contributed by atoms with Gasteiger partial charge < -0.3 is 0 Å². The topological polar surface area (TPSA) is 0 Å². The summed E-state index contributed by atoms with van der Waals surface area (Å²) in [5.41, 5.74) is -1.50. The molecule has 4 heteroatoms. The zero-order chi connectivity index (χ0) is 10.4. The Balaban J connectivity index is 2.46. The van der Waals surface area contributed by atoms with Gasteiger partial charge in [0.25, 0.3) is 0 Å². The van der Waals surface area contributed by atoms with E-state index < -0.39 is 11.6 Å². The first-order valence-electron chi connectivity index (χ1n) is 4.20. The predicted octanol–water partition coefficient (Wildman–Crippen LogP) is 3.73. The summed E-state index contributed by atoms with van der Waals surface area (Å²) >= 11 is 5.72. The van der Waals surface area contributed by atoms with Crippen molar-refractivity contribution < 1.29 is 13.2 Å². The molecule has 0 atom stereocenters. The Kier molecular flexibility index (Phi) is 2.03. The average molecular weight is 220 g/mol. The fourth-order valence-electron chi connectivity index (χ4n) is 1.63. The summed E-state index contributed by atoms with van der Waals surface area (Å²) in [5, 5.41) is 0.155. The number of benzene rings is 1. The maximum absolute atomic E-state index is 12.7. The van der Waals surface area contributed by atoms with Crippen LogP contribution in [-0.4, -0.2) is 6.18 Å². The van der Waals surface area contributed by atoms with E-state index in [0.29, 0.717) is 0 Å². The van der Waals surface area contributed by atoms with Gasteiger partial charge in [0, 0.05) is 5.02 Å². The lowest BCUT2D eigenvalue weighted by Crippen LogP contribution is -2.28. The summed E-state index contributed by atoms with van der Waals surface area (Å²) in [5.74, 6) is 0. The van der Waals surface area contributed by atoms with Crippen LogP contribution in [0.1, 0.15) is 18.4 Å². The van der Waals surface area contributed by atoms with Gasteiger partial charge in [-0.3, -0.25) is 0 Å². The van der Waals surface area contributed by atoms with Crippen LogP contribution < -0.4 is 0 Å². The van der Waals surface area contributed by atoms with Crippen molar-refractivity contribution in [3.63, 3.8) is 0 Å². The first-order valence-corrected chi connectivity index (χ1v) is 4.58. The predicted molar refractivity (Wildman–Crippen MR) is 47.3 cm³/mol. The zero-order valence-electron chi connectivity index (χ0n) is 7.16. The molecular weight excluding hydrogens is 213 g/mol. The third-order valence-corrected chi connectivity index (χ3v) is 2.93. The van der Waals surface area contributed by atoms with Gasteiger partial charge in [0.15, 0.2) is 0 Å². The maximum atomic E-state index is 12.7. The molecule has 1 fully saturated rings. The summed E-state index contributed by atoms with van der Waals surface area (Å²) in [4.78, 5) is 0. The highest BCUT2D eigenvalue weighted by Gasteiger charge is 2.64. The summed E-state index contributed by atoms with van der Waals surface area (Å²) in [6.45, 7) is 0. The van der Waals surface area contributed by atoms with Gasteiger partial charge in [-0.15, -0.1) is 0 Å². The van der Waals surface area contributed by atoms with Crippen LogP contribution in [0.4, 0.5) is 13.2 Å². The van der Waals surface area contributed by atoms with Crippen LogP contribution in [0.2, 0.25) is 5.02 Å². The molecule has 0 nitrogen and oxygen atoms in total. The van der Waals surface area contributed by atoms with Crippen LogP contribution in [0.25, 0.3) is 0 Å². The van der Waals surface area contributed by atoms with Crippen LogP contribution in [-0.2, 0) is 5.41 Å². The van der Waals surface area contributed by atoms with E-state index in [0.717, 1.165) is 0 Å². The Morgan fingerprint density at radius 2 is 2.00 bits per heavy atom. The molecule has 75 valence electrons. The molecule has 0 spiro atoms. The molecule has 0 saturated heterocycles. The van der Waals surface area contributed by atoms with E-state index in [9.17, 15) is 13.2 Å². The van der Waals surface area contributed by atoms with Crippen molar-refractivity contribution in [1.82, 2.24) is 0 Å². The summed E-state index contributed by atoms with van der Waals surface area (Å²) in [7, 11) is 0. The Hall–Kier alpha value is -0.700. The van der Waals surface area contributed by atoms with Crippen molar-refractivity contribution in [3.8, 4) is 0 Å². The van der Waals surface area contributed by atoms with E-state index >= 15 is 0 Å². The second kappa shape index (κ2) is 2.89. The van der Waals surface area contributed by atoms with Crippen LogP contribution >= 0.6 is 11.6 Å². The van der Waals surface area contributed by atoms with Crippen LogP contribution in [0.5, 0.6) is 0 Å². The fraction of sp³-hybridized carbons (Fsp3) is 0.400. The van der Waals surface area contributed by atoms with E-state index in [4.69, 9.17) is 11.6 Å². The number of hydrogen-bond donors (Lipinski definition) is 0. The second-order valence-corrected chi connectivity index (χ2v) is 3.89. The monoisotopic (exact) mass is 219 g/mol. The van der Waals surface area contributed by atoms with E-state index in [1.165, 1.54) is 18.2 Å². The quantitative estimate of drug-likeness (QED) is 0.675. The van der Waals surface area contributed by atoms with Crippen molar-refractivity contribution in [2.75, 3.05) is 0 Å². The molecule has 1 aliphatic carbocycles. The lowest BCUT2D eigenvalue weighted by atomic mass is 9.95. The van der Waals surface area contributed by atoms with Crippen molar-refractivity contribution >= 4 is 11.6 Å². The first-order chi connectivity index (χ1) is 6.47. The van der Waals surface area contributed by atoms with E-state index in [-0.39, 0.29) is 23.4 Å². The van der Waals surface area contributed by atoms with Gasteiger partial charge in [0.2, 0.25) is 0 Å². The number of rotatable bonds is 1. The third-order valence-electron chi connectivity index (χ3n) is 2.62. The smallest absolute Gasteiger partial charge is 0.170 e. The van der Waals surface area contributed by atoms with Crippen LogP contribution in [0.3, 0.4) is 0 Å². The first kappa shape index (κ1) is 9.84. The van der Waals surface area contributed by atoms with Gasteiger partial charge in [-0.25, -0.2) is 0 Å². The second-order valence-electron chi connectivity index (χ2n) is 3.49. The minimum absolute atomic E-state index is 0.139.